The number of rotatable bonds is 11. The number of imidazole rings is 1. The minimum atomic E-state index is -4.63. The number of carbonyl (C=O) groups is 1. The summed E-state index contributed by atoms with van der Waals surface area (Å²) in [5.74, 6) is 5.07. The van der Waals surface area contributed by atoms with Crippen molar-refractivity contribution in [3.05, 3.63) is 107 Å². The average Bonchev–Trinajstić information content (AvgIpc) is 3.71. The van der Waals surface area contributed by atoms with Gasteiger partial charge in [0.1, 0.15) is 17.3 Å². The monoisotopic (exact) mass is 676 g/mol. The van der Waals surface area contributed by atoms with Gasteiger partial charge in [-0.05, 0) is 67.6 Å². The number of hydrogen-bond donors (Lipinski definition) is 3. The third-order valence-electron chi connectivity index (χ3n) is 8.53. The van der Waals surface area contributed by atoms with E-state index in [1.807, 2.05) is 16.5 Å². The van der Waals surface area contributed by atoms with Crippen LogP contribution in [0.4, 0.5) is 28.9 Å². The summed E-state index contributed by atoms with van der Waals surface area (Å²) in [4.78, 5) is 22.1. The summed E-state index contributed by atoms with van der Waals surface area (Å²) < 4.78 is 59.4. The molecule has 0 radical (unpaired) electrons. The first-order valence-electron chi connectivity index (χ1n) is 16.1. The van der Waals surface area contributed by atoms with Crippen LogP contribution in [0.5, 0.6) is 0 Å². The van der Waals surface area contributed by atoms with Crippen LogP contribution in [-0.2, 0) is 19.8 Å². The van der Waals surface area contributed by atoms with Crippen LogP contribution in [0.3, 0.4) is 0 Å². The second-order valence-corrected chi connectivity index (χ2v) is 12.1. The Labute approximate surface area is 283 Å². The van der Waals surface area contributed by atoms with Gasteiger partial charge in [-0.2, -0.15) is 18.3 Å². The van der Waals surface area contributed by atoms with E-state index < -0.39 is 23.5 Å². The second kappa shape index (κ2) is 15.5. The molecule has 1 unspecified atom stereocenters. The van der Waals surface area contributed by atoms with Crippen LogP contribution >= 0.6 is 0 Å². The fraction of sp³-hybridized carbons (Fsp3) is 0.361. The van der Waals surface area contributed by atoms with Crippen LogP contribution in [0.15, 0.2) is 61.6 Å². The number of piperazine rings is 1. The van der Waals surface area contributed by atoms with E-state index in [0.29, 0.717) is 42.2 Å². The standard InChI is InChI=1S/C36H40F4N8O/c1-5-7-33(44-28-20-42-43-21-28)34-41-22-29(46(34)4)11-9-25-18-30(32(37)17-24(25)3)35(49)45-27-10-8-26(31(19-27)36(38,39)40)23-48-15-13-47(12-6-2)14-16-48/h5,8,10,17-22,33,44H,1,6-7,12-16,23H2,2-4H3,(H,42,43)(H,45,49). The number of aromatic nitrogens is 4. The van der Waals surface area contributed by atoms with Crippen molar-refractivity contribution >= 4 is 17.3 Å². The van der Waals surface area contributed by atoms with Crippen LogP contribution < -0.4 is 10.6 Å². The molecule has 0 spiro atoms. The van der Waals surface area contributed by atoms with E-state index in [4.69, 9.17) is 0 Å². The summed E-state index contributed by atoms with van der Waals surface area (Å²) in [5.41, 5.74) is 1.13. The number of H-pyrrole nitrogens is 1. The molecule has 49 heavy (non-hydrogen) atoms. The van der Waals surface area contributed by atoms with Crippen LogP contribution in [0.1, 0.15) is 69.9 Å². The number of nitrogens with one attached hydrogen (secondary N) is 3. The summed E-state index contributed by atoms with van der Waals surface area (Å²) >= 11 is 0. The number of amides is 1. The topological polar surface area (TPSA) is 94.1 Å². The van der Waals surface area contributed by atoms with Gasteiger partial charge < -0.3 is 20.1 Å². The largest absolute Gasteiger partial charge is 0.416 e. The molecule has 0 bridgehead atoms. The van der Waals surface area contributed by atoms with E-state index in [-0.39, 0.29) is 29.4 Å². The zero-order valence-corrected chi connectivity index (χ0v) is 27.8. The van der Waals surface area contributed by atoms with Gasteiger partial charge in [-0.3, -0.25) is 14.8 Å². The third kappa shape index (κ3) is 8.76. The molecule has 1 aliphatic rings. The van der Waals surface area contributed by atoms with E-state index in [1.54, 1.807) is 31.6 Å². The number of aromatic amines is 1. The first-order valence-corrected chi connectivity index (χ1v) is 16.1. The number of nitrogens with zero attached hydrogens (tertiary/aromatic N) is 5. The van der Waals surface area contributed by atoms with Crippen molar-refractivity contribution in [2.45, 2.75) is 45.5 Å². The molecule has 1 atom stereocenters. The molecule has 0 aliphatic carbocycles. The number of aryl methyl sites for hydroxylation is 1. The SMILES string of the molecule is C=CCC(Nc1cn[nH]c1)c1ncc(C#Cc2cc(C(=O)Nc3ccc(CN4CCN(CCC)CC4)c(C(F)(F)F)c3)c(F)cc2C)n1C. The Kier molecular flexibility index (Phi) is 11.2. The minimum absolute atomic E-state index is 0.0815. The van der Waals surface area contributed by atoms with E-state index in [9.17, 15) is 18.0 Å². The molecule has 258 valence electrons. The lowest BCUT2D eigenvalue weighted by molar-refractivity contribution is -0.138. The highest BCUT2D eigenvalue weighted by atomic mass is 19.4. The maximum Gasteiger partial charge on any atom is 0.416 e. The minimum Gasteiger partial charge on any atom is -0.372 e. The van der Waals surface area contributed by atoms with Crippen molar-refractivity contribution in [2.24, 2.45) is 7.05 Å². The molecular weight excluding hydrogens is 636 g/mol. The van der Waals surface area contributed by atoms with Gasteiger partial charge in [-0.25, -0.2) is 9.37 Å². The molecule has 0 saturated carbocycles. The van der Waals surface area contributed by atoms with Crippen molar-refractivity contribution < 1.29 is 22.4 Å². The van der Waals surface area contributed by atoms with Crippen LogP contribution in [-0.4, -0.2) is 68.2 Å². The van der Waals surface area contributed by atoms with Crippen molar-refractivity contribution in [2.75, 3.05) is 43.4 Å². The van der Waals surface area contributed by atoms with E-state index >= 15 is 4.39 Å². The number of carbonyl (C=O) groups excluding carboxylic acids is 1. The van der Waals surface area contributed by atoms with Crippen molar-refractivity contribution in [1.29, 1.82) is 0 Å². The van der Waals surface area contributed by atoms with Gasteiger partial charge in [0.15, 0.2) is 0 Å². The number of halogens is 4. The third-order valence-corrected chi connectivity index (χ3v) is 8.53. The number of benzene rings is 2. The van der Waals surface area contributed by atoms with Gasteiger partial charge in [0, 0.05) is 57.2 Å². The van der Waals surface area contributed by atoms with Crippen molar-refractivity contribution in [3.8, 4) is 11.8 Å². The Bertz CT molecular complexity index is 1830. The number of anilines is 2. The Morgan fingerprint density at radius 3 is 2.53 bits per heavy atom. The lowest BCUT2D eigenvalue weighted by atomic mass is 10.0. The van der Waals surface area contributed by atoms with Gasteiger partial charge in [0.05, 0.1) is 35.2 Å². The molecule has 2 aromatic heterocycles. The van der Waals surface area contributed by atoms with E-state index in [1.165, 1.54) is 24.3 Å². The smallest absolute Gasteiger partial charge is 0.372 e. The second-order valence-electron chi connectivity index (χ2n) is 12.1. The Morgan fingerprint density at radius 2 is 1.86 bits per heavy atom. The Balaban J connectivity index is 1.33. The van der Waals surface area contributed by atoms with Gasteiger partial charge in [0.25, 0.3) is 5.91 Å². The van der Waals surface area contributed by atoms with Crippen LogP contribution in [0.2, 0.25) is 0 Å². The van der Waals surface area contributed by atoms with Gasteiger partial charge in [-0.15, -0.1) is 6.58 Å². The fourth-order valence-electron chi connectivity index (χ4n) is 5.89. The van der Waals surface area contributed by atoms with Gasteiger partial charge >= 0.3 is 6.18 Å². The zero-order valence-electron chi connectivity index (χ0n) is 27.8. The maximum atomic E-state index is 15.1. The van der Waals surface area contributed by atoms with E-state index in [2.05, 4.69) is 56.1 Å². The summed E-state index contributed by atoms with van der Waals surface area (Å²) in [6.07, 6.45) is 3.77. The molecule has 1 saturated heterocycles. The average molecular weight is 677 g/mol. The predicted molar refractivity (Wildman–Crippen MR) is 181 cm³/mol. The fourth-order valence-corrected chi connectivity index (χ4v) is 5.89. The summed E-state index contributed by atoms with van der Waals surface area (Å²) in [6.45, 7) is 11.7. The van der Waals surface area contributed by atoms with Crippen LogP contribution in [0.25, 0.3) is 0 Å². The molecule has 1 amide bonds. The van der Waals surface area contributed by atoms with Crippen molar-refractivity contribution in [3.63, 3.8) is 0 Å². The highest BCUT2D eigenvalue weighted by Gasteiger charge is 2.34. The molecule has 5 rings (SSSR count). The molecule has 2 aromatic carbocycles. The first kappa shape index (κ1) is 35.4. The first-order chi connectivity index (χ1) is 23.5. The van der Waals surface area contributed by atoms with Gasteiger partial charge in [-0.1, -0.05) is 25.0 Å². The normalized spacial score (nSPS) is 14.6. The number of alkyl halides is 3. The Morgan fingerprint density at radius 1 is 1.10 bits per heavy atom. The molecule has 3 N–H and O–H groups in total. The molecular formula is C36H40F4N8O. The van der Waals surface area contributed by atoms with Gasteiger partial charge in [0.2, 0.25) is 0 Å². The summed E-state index contributed by atoms with van der Waals surface area (Å²) in [7, 11) is 1.82. The predicted octanol–water partition coefficient (Wildman–Crippen LogP) is 6.52. The highest BCUT2D eigenvalue weighted by molar-refractivity contribution is 6.04. The molecule has 3 heterocycles. The molecule has 9 nitrogen and oxygen atoms in total. The zero-order chi connectivity index (χ0) is 35.1. The molecule has 1 fully saturated rings. The highest BCUT2D eigenvalue weighted by Crippen LogP contribution is 2.35. The van der Waals surface area contributed by atoms with Crippen LogP contribution in [0, 0.1) is 24.6 Å². The van der Waals surface area contributed by atoms with E-state index in [0.717, 1.165) is 37.8 Å². The quantitative estimate of drug-likeness (QED) is 0.0953. The number of hydrogen-bond acceptors (Lipinski definition) is 6. The Hall–Kier alpha value is -4.93. The lowest BCUT2D eigenvalue weighted by Crippen LogP contribution is -2.46. The lowest BCUT2D eigenvalue weighted by Gasteiger charge is -2.35. The molecule has 4 aromatic rings. The summed E-state index contributed by atoms with van der Waals surface area (Å²) in [5, 5.41) is 12.5. The molecule has 13 heteroatoms. The maximum absolute atomic E-state index is 15.1. The molecule has 1 aliphatic heterocycles. The van der Waals surface area contributed by atoms with Crippen molar-refractivity contribution in [1.82, 2.24) is 29.5 Å². The summed E-state index contributed by atoms with van der Waals surface area (Å²) in [6, 6.07) is 6.01.